The highest BCUT2D eigenvalue weighted by Gasteiger charge is 2.42. The fraction of sp³-hybridized carbons (Fsp3) is 1.00. The van der Waals surface area contributed by atoms with Crippen molar-refractivity contribution in [3.05, 3.63) is 0 Å². The van der Waals surface area contributed by atoms with Gasteiger partial charge in [-0.1, -0.05) is 20.8 Å². The Bertz CT molecular complexity index is 289. The van der Waals surface area contributed by atoms with E-state index in [1.54, 1.807) is 0 Å². The molecule has 2 unspecified atom stereocenters. The minimum Gasteiger partial charge on any atom is -0.436 e. The summed E-state index contributed by atoms with van der Waals surface area (Å²) in [5.41, 5.74) is 0. The Balaban J connectivity index is 4.87. The summed E-state index contributed by atoms with van der Waals surface area (Å²) < 4.78 is 19.2. The lowest BCUT2D eigenvalue weighted by Gasteiger charge is -2.41. The minimum absolute atomic E-state index is 0.640. The molecule has 1 radical (unpaired) electrons. The van der Waals surface area contributed by atoms with Crippen molar-refractivity contribution < 1.29 is 12.7 Å². The first kappa shape index (κ1) is 20.7. The average Bonchev–Trinajstić information content (AvgIpc) is 2.36. The first-order chi connectivity index (χ1) is 9.01. The fourth-order valence-corrected chi connectivity index (χ4v) is 16.4. The molecule has 0 aliphatic carbocycles. The number of hydrogen-bond acceptors (Lipinski definition) is 3. The lowest BCUT2D eigenvalue weighted by molar-refractivity contribution is 0.327. The van der Waals surface area contributed by atoms with Crippen molar-refractivity contribution in [2.24, 2.45) is 0 Å². The molecule has 3 nitrogen and oxygen atoms in total. The molecule has 0 aromatic rings. The van der Waals surface area contributed by atoms with Crippen LogP contribution in [0.4, 0.5) is 0 Å². The van der Waals surface area contributed by atoms with Crippen LogP contribution in [0, 0.1) is 0 Å². The van der Waals surface area contributed by atoms with Gasteiger partial charge in [0.1, 0.15) is 0 Å². The molecular formula is C13H35O3Si4. The minimum atomic E-state index is -2.05. The van der Waals surface area contributed by atoms with E-state index >= 15 is 0 Å². The Morgan fingerprint density at radius 3 is 1.70 bits per heavy atom. The van der Waals surface area contributed by atoms with Gasteiger partial charge in [0.15, 0.2) is 8.32 Å². The maximum atomic E-state index is 6.69. The second-order valence-corrected chi connectivity index (χ2v) is 21.6. The van der Waals surface area contributed by atoms with Gasteiger partial charge in [0.05, 0.1) is 6.23 Å². The van der Waals surface area contributed by atoms with Crippen LogP contribution in [0.1, 0.15) is 20.8 Å². The lowest BCUT2D eigenvalue weighted by atomic mass is 11.0. The zero-order valence-electron chi connectivity index (χ0n) is 15.1. The third-order valence-corrected chi connectivity index (χ3v) is 17.7. The van der Waals surface area contributed by atoms with Gasteiger partial charge in [-0.05, 0) is 57.4 Å². The topological polar surface area (TPSA) is 27.7 Å². The standard InChI is InChI=1S/C13H35O3Si4/c1-10-18(6,7)15-20(9,12-3)16-19(8,11-2)13-14-17(4)5/h10-13H2,1-9H3. The van der Waals surface area contributed by atoms with Gasteiger partial charge in [-0.25, -0.2) is 0 Å². The van der Waals surface area contributed by atoms with E-state index in [1.165, 1.54) is 0 Å². The van der Waals surface area contributed by atoms with Gasteiger partial charge in [0.2, 0.25) is 17.4 Å². The Labute approximate surface area is 131 Å². The molecule has 0 aromatic heterocycles. The van der Waals surface area contributed by atoms with E-state index in [0.29, 0.717) is 0 Å². The largest absolute Gasteiger partial charge is 0.436 e. The predicted octanol–water partition coefficient (Wildman–Crippen LogP) is 4.74. The van der Waals surface area contributed by atoms with Crippen LogP contribution >= 0.6 is 0 Å². The van der Waals surface area contributed by atoms with Crippen LogP contribution in [0.2, 0.25) is 57.4 Å². The molecule has 0 saturated carbocycles. The van der Waals surface area contributed by atoms with Crippen LogP contribution < -0.4 is 0 Å². The Morgan fingerprint density at radius 2 is 1.35 bits per heavy atom. The summed E-state index contributed by atoms with van der Waals surface area (Å²) in [5, 5.41) is 0. The molecule has 20 heavy (non-hydrogen) atoms. The summed E-state index contributed by atoms with van der Waals surface area (Å²) in [5.74, 6) is 0. The highest BCUT2D eigenvalue weighted by Crippen LogP contribution is 2.27. The first-order valence-corrected chi connectivity index (χ1v) is 18.7. The molecule has 0 spiro atoms. The molecule has 0 aliphatic heterocycles. The summed E-state index contributed by atoms with van der Waals surface area (Å²) in [7, 11) is -6.05. The highest BCUT2D eigenvalue weighted by molar-refractivity contribution is 6.88. The Hall–Kier alpha value is 0.748. The quantitative estimate of drug-likeness (QED) is 0.532. The molecule has 0 rings (SSSR count). The van der Waals surface area contributed by atoms with E-state index in [1.807, 2.05) is 0 Å². The molecule has 0 aliphatic rings. The molecular weight excluding hydrogens is 316 g/mol. The number of rotatable bonds is 10. The van der Waals surface area contributed by atoms with Gasteiger partial charge >= 0.3 is 8.56 Å². The highest BCUT2D eigenvalue weighted by atomic mass is 28.5. The molecule has 7 heteroatoms. The van der Waals surface area contributed by atoms with E-state index in [0.717, 1.165) is 24.4 Å². The third kappa shape index (κ3) is 7.67. The van der Waals surface area contributed by atoms with Crippen LogP contribution in [-0.4, -0.2) is 40.5 Å². The van der Waals surface area contributed by atoms with Crippen LogP contribution in [0.5, 0.6) is 0 Å². The molecule has 121 valence electrons. The molecule has 0 bridgehead atoms. The Kier molecular flexibility index (Phi) is 8.71. The van der Waals surface area contributed by atoms with Gasteiger partial charge in [-0.2, -0.15) is 0 Å². The van der Waals surface area contributed by atoms with E-state index < -0.39 is 34.2 Å². The molecule has 0 aromatic carbocycles. The van der Waals surface area contributed by atoms with E-state index in [-0.39, 0.29) is 0 Å². The molecule has 0 fully saturated rings. The first-order valence-electron chi connectivity index (χ1n) is 7.84. The Morgan fingerprint density at radius 1 is 0.800 bits per heavy atom. The third-order valence-electron chi connectivity index (χ3n) is 3.86. The van der Waals surface area contributed by atoms with E-state index in [9.17, 15) is 0 Å². The summed E-state index contributed by atoms with van der Waals surface area (Å²) in [4.78, 5) is 0. The average molecular weight is 352 g/mol. The summed E-state index contributed by atoms with van der Waals surface area (Å²) in [6, 6.07) is 3.28. The van der Waals surface area contributed by atoms with Crippen molar-refractivity contribution in [1.29, 1.82) is 0 Å². The van der Waals surface area contributed by atoms with Crippen LogP contribution in [-0.2, 0) is 12.7 Å². The zero-order valence-corrected chi connectivity index (χ0v) is 19.1. The van der Waals surface area contributed by atoms with Crippen LogP contribution in [0.25, 0.3) is 0 Å². The van der Waals surface area contributed by atoms with Gasteiger partial charge in [-0.15, -0.1) is 0 Å². The van der Waals surface area contributed by atoms with Crippen molar-refractivity contribution in [2.75, 3.05) is 6.23 Å². The maximum Gasteiger partial charge on any atom is 0.314 e. The molecule has 0 heterocycles. The van der Waals surface area contributed by atoms with Crippen molar-refractivity contribution in [2.45, 2.75) is 78.2 Å². The van der Waals surface area contributed by atoms with Gasteiger partial charge in [0, 0.05) is 0 Å². The van der Waals surface area contributed by atoms with Crippen molar-refractivity contribution in [3.63, 3.8) is 0 Å². The van der Waals surface area contributed by atoms with Gasteiger partial charge < -0.3 is 12.7 Å². The predicted molar refractivity (Wildman–Crippen MR) is 97.8 cm³/mol. The van der Waals surface area contributed by atoms with Crippen molar-refractivity contribution in [3.8, 4) is 0 Å². The van der Waals surface area contributed by atoms with Crippen molar-refractivity contribution in [1.82, 2.24) is 0 Å². The molecule has 2 atom stereocenters. The molecule has 0 saturated heterocycles. The van der Waals surface area contributed by atoms with E-state index in [4.69, 9.17) is 12.7 Å². The fourth-order valence-electron chi connectivity index (χ4n) is 1.84. The van der Waals surface area contributed by atoms with E-state index in [2.05, 4.69) is 60.1 Å². The lowest BCUT2D eigenvalue weighted by Crippen LogP contribution is -2.56. The normalized spacial score (nSPS) is 18.9. The number of hydrogen-bond donors (Lipinski definition) is 0. The van der Waals surface area contributed by atoms with Crippen LogP contribution in [0.3, 0.4) is 0 Å². The van der Waals surface area contributed by atoms with Crippen LogP contribution in [0.15, 0.2) is 0 Å². The SMILES string of the molecule is CC[Si](C)(C)O[Si](C)(CC)O[Si](C)(CC)CO[Si](C)C. The zero-order chi connectivity index (χ0) is 16.0. The molecule has 0 amide bonds. The van der Waals surface area contributed by atoms with Gasteiger partial charge in [0.25, 0.3) is 0 Å². The summed E-state index contributed by atoms with van der Waals surface area (Å²) in [6.07, 6.45) is 0.824. The second kappa shape index (κ2) is 8.40. The second-order valence-electron chi connectivity index (χ2n) is 6.81. The maximum absolute atomic E-state index is 6.69. The smallest absolute Gasteiger partial charge is 0.314 e. The summed E-state index contributed by atoms with van der Waals surface area (Å²) in [6.45, 7) is 20.2. The monoisotopic (exact) mass is 351 g/mol. The molecule has 0 N–H and O–H groups in total. The van der Waals surface area contributed by atoms with Gasteiger partial charge in [-0.3, -0.25) is 0 Å². The summed E-state index contributed by atoms with van der Waals surface area (Å²) >= 11 is 0. The van der Waals surface area contributed by atoms with Crippen molar-refractivity contribution >= 4 is 34.2 Å².